The van der Waals surface area contributed by atoms with E-state index in [0.29, 0.717) is 0 Å². The van der Waals surface area contributed by atoms with Gasteiger partial charge in [0.15, 0.2) is 5.75 Å². The quantitative estimate of drug-likeness (QED) is 0.510. The van der Waals surface area contributed by atoms with Gasteiger partial charge in [0, 0.05) is 6.07 Å². The summed E-state index contributed by atoms with van der Waals surface area (Å²) in [4.78, 5) is 11.3. The van der Waals surface area contributed by atoms with Gasteiger partial charge in [0.25, 0.3) is 0 Å². The molecule has 1 rings (SSSR count). The van der Waals surface area contributed by atoms with E-state index in [1.165, 1.54) is 0 Å². The van der Waals surface area contributed by atoms with Crippen LogP contribution in [-0.2, 0) is 15.2 Å². The first kappa shape index (κ1) is 13.5. The fourth-order valence-electron chi connectivity index (χ4n) is 1.01. The van der Waals surface area contributed by atoms with Crippen molar-refractivity contribution in [2.45, 2.75) is 0 Å². The molecule has 0 atom stereocenters. The monoisotopic (exact) mass is 283 g/mol. The number of anilines is 1. The first-order valence-corrected chi connectivity index (χ1v) is 5.74. The number of nitrogens with two attached hydrogens (primary N) is 1. The fourth-order valence-corrected chi connectivity index (χ4v) is 1.53. The molecule has 0 aliphatic heterocycles. The van der Waals surface area contributed by atoms with Crippen molar-refractivity contribution in [2.24, 2.45) is 0 Å². The van der Waals surface area contributed by atoms with Crippen LogP contribution in [0, 0.1) is 0 Å². The lowest BCUT2D eigenvalue weighted by Crippen LogP contribution is -2.09. The van der Waals surface area contributed by atoms with Crippen LogP contribution in [0.5, 0.6) is 5.75 Å². The van der Waals surface area contributed by atoms with Crippen molar-refractivity contribution in [1.29, 1.82) is 0 Å². The zero-order chi connectivity index (χ0) is 13.2. The highest BCUT2D eigenvalue weighted by molar-refractivity contribution is 7.81. The van der Waals surface area contributed by atoms with E-state index in [2.05, 4.69) is 8.92 Å². The van der Waals surface area contributed by atoms with Crippen LogP contribution in [0.15, 0.2) is 12.1 Å². The minimum atomic E-state index is -5.28. The molecule has 0 aliphatic carbocycles. The summed E-state index contributed by atoms with van der Waals surface area (Å²) in [5.41, 5.74) is 4.94. The van der Waals surface area contributed by atoms with Crippen molar-refractivity contribution < 1.29 is 26.0 Å². The summed E-state index contributed by atoms with van der Waals surface area (Å²) in [6.07, 6.45) is 0. The second-order valence-electron chi connectivity index (χ2n) is 2.84. The number of methoxy groups -OCH3 is 1. The maximum absolute atomic E-state index is 12.4. The largest absolute Gasteiger partial charge is 0.488 e. The highest BCUT2D eigenvalue weighted by atomic mass is 35.5. The molecule has 1 aromatic carbocycles. The van der Waals surface area contributed by atoms with Gasteiger partial charge in [0.1, 0.15) is 5.56 Å². The lowest BCUT2D eigenvalue weighted by molar-refractivity contribution is 0.0599. The highest BCUT2D eigenvalue weighted by Gasteiger charge is 2.20. The molecule has 0 heterocycles. The van der Waals surface area contributed by atoms with Crippen LogP contribution in [0.1, 0.15) is 10.4 Å². The van der Waals surface area contributed by atoms with Gasteiger partial charge in [-0.2, -0.15) is 8.42 Å². The Morgan fingerprint density at radius 3 is 2.53 bits per heavy atom. The van der Waals surface area contributed by atoms with E-state index in [9.17, 15) is 17.1 Å². The summed E-state index contributed by atoms with van der Waals surface area (Å²) in [5.74, 6) is -1.54. The van der Waals surface area contributed by atoms with Gasteiger partial charge in [-0.1, -0.05) is 15.5 Å². The topological polar surface area (TPSA) is 95.7 Å². The molecule has 6 nitrogen and oxygen atoms in total. The van der Waals surface area contributed by atoms with Crippen LogP contribution in [0.4, 0.5) is 9.57 Å². The average molecular weight is 284 g/mol. The Morgan fingerprint density at radius 1 is 1.47 bits per heavy atom. The number of hydrogen-bond acceptors (Lipinski definition) is 6. The average Bonchev–Trinajstić information content (AvgIpc) is 2.20. The maximum atomic E-state index is 12.4. The Labute approximate surface area is 101 Å². The molecule has 0 amide bonds. The summed E-state index contributed by atoms with van der Waals surface area (Å²) in [7, 11) is -4.22. The van der Waals surface area contributed by atoms with Crippen LogP contribution in [0.3, 0.4) is 0 Å². The molecule has 17 heavy (non-hydrogen) atoms. The number of hydrogen-bond donors (Lipinski definition) is 1. The van der Waals surface area contributed by atoms with Gasteiger partial charge in [0.05, 0.1) is 17.8 Å². The molecule has 0 fully saturated rings. The molecule has 0 bridgehead atoms. The van der Waals surface area contributed by atoms with Gasteiger partial charge in [-0.15, -0.1) is 0 Å². The maximum Gasteiger partial charge on any atom is 0.488 e. The Morgan fingerprint density at radius 2 is 2.06 bits per heavy atom. The number of ether oxygens (including phenoxy) is 1. The number of carbonyl (C=O) groups excluding carboxylic acids is 1. The van der Waals surface area contributed by atoms with E-state index in [-0.39, 0.29) is 16.3 Å². The molecule has 1 aromatic rings. The number of halogens is 2. The van der Waals surface area contributed by atoms with Gasteiger partial charge in [-0.3, -0.25) is 0 Å². The van der Waals surface area contributed by atoms with Crippen molar-refractivity contribution in [2.75, 3.05) is 12.8 Å². The normalized spacial score (nSPS) is 11.0. The summed E-state index contributed by atoms with van der Waals surface area (Å²) in [6.45, 7) is 0. The third kappa shape index (κ3) is 3.46. The second-order valence-corrected chi connectivity index (χ2v) is 4.20. The van der Waals surface area contributed by atoms with Crippen molar-refractivity contribution in [3.8, 4) is 5.75 Å². The highest BCUT2D eigenvalue weighted by Crippen LogP contribution is 2.30. The summed E-state index contributed by atoms with van der Waals surface area (Å²) >= 11 is 5.63. The zero-order valence-corrected chi connectivity index (χ0v) is 10.0. The summed E-state index contributed by atoms with van der Waals surface area (Å²) in [6, 6.07) is 1.93. The number of nitrogen functional groups attached to an aromatic ring is 1. The summed E-state index contributed by atoms with van der Waals surface area (Å²) < 4.78 is 41.4. The lowest BCUT2D eigenvalue weighted by atomic mass is 10.2. The van der Waals surface area contributed by atoms with E-state index >= 15 is 0 Å². The third-order valence-electron chi connectivity index (χ3n) is 1.69. The number of benzene rings is 1. The smallest absolute Gasteiger partial charge is 0.465 e. The van der Waals surface area contributed by atoms with Gasteiger partial charge >= 0.3 is 16.5 Å². The van der Waals surface area contributed by atoms with Crippen molar-refractivity contribution >= 4 is 33.8 Å². The predicted octanol–water partition coefficient (Wildman–Crippen LogP) is 1.30. The first-order valence-electron chi connectivity index (χ1n) is 4.06. The van der Waals surface area contributed by atoms with Crippen LogP contribution < -0.4 is 9.92 Å². The predicted molar refractivity (Wildman–Crippen MR) is 57.9 cm³/mol. The minimum Gasteiger partial charge on any atom is -0.465 e. The minimum absolute atomic E-state index is 0.0194. The third-order valence-corrected chi connectivity index (χ3v) is 2.40. The van der Waals surface area contributed by atoms with Crippen LogP contribution in [0.25, 0.3) is 0 Å². The molecule has 2 N–H and O–H groups in total. The first-order chi connectivity index (χ1) is 7.74. The van der Waals surface area contributed by atoms with E-state index in [1.807, 2.05) is 0 Å². The summed E-state index contributed by atoms with van der Waals surface area (Å²) in [5, 5.41) is -0.0194. The van der Waals surface area contributed by atoms with Gasteiger partial charge in [-0.05, 0) is 6.07 Å². The molecule has 0 saturated carbocycles. The van der Waals surface area contributed by atoms with Crippen LogP contribution in [0.2, 0.25) is 5.02 Å². The van der Waals surface area contributed by atoms with Gasteiger partial charge in [-0.25, -0.2) is 4.79 Å². The Kier molecular flexibility index (Phi) is 3.79. The molecule has 0 unspecified atom stereocenters. The standard InChI is InChI=1S/C8H7ClFNO5S/c1-15-8(12)4-2-5(9)6(11)3-7(4)16-17(10,13)14/h2-3H,11H2,1H3. The van der Waals surface area contributed by atoms with E-state index < -0.39 is 22.2 Å². The van der Waals surface area contributed by atoms with Crippen molar-refractivity contribution in [3.05, 3.63) is 22.7 Å². The molecule has 94 valence electrons. The number of carbonyl (C=O) groups is 1. The molecular weight excluding hydrogens is 277 g/mol. The van der Waals surface area contributed by atoms with Crippen molar-refractivity contribution in [1.82, 2.24) is 0 Å². The van der Waals surface area contributed by atoms with Crippen LogP contribution >= 0.6 is 11.6 Å². The lowest BCUT2D eigenvalue weighted by Gasteiger charge is -2.08. The molecule has 0 aromatic heterocycles. The van der Waals surface area contributed by atoms with Crippen molar-refractivity contribution in [3.63, 3.8) is 0 Å². The second kappa shape index (κ2) is 4.76. The Hall–Kier alpha value is -1.54. The van der Waals surface area contributed by atoms with E-state index in [1.54, 1.807) is 0 Å². The molecule has 9 heteroatoms. The Balaban J connectivity index is 3.36. The van der Waals surface area contributed by atoms with Gasteiger partial charge in [0.2, 0.25) is 0 Å². The number of esters is 1. The van der Waals surface area contributed by atoms with E-state index in [0.717, 1.165) is 19.2 Å². The molecular formula is C8H7ClFNO5S. The van der Waals surface area contributed by atoms with Crippen LogP contribution in [-0.4, -0.2) is 21.5 Å². The molecule has 0 radical (unpaired) electrons. The SMILES string of the molecule is COC(=O)c1cc(Cl)c(N)cc1OS(=O)(=O)F. The van der Waals surface area contributed by atoms with Gasteiger partial charge < -0.3 is 14.7 Å². The Bertz CT molecular complexity index is 559. The van der Waals surface area contributed by atoms with E-state index in [4.69, 9.17) is 17.3 Å². The molecule has 0 saturated heterocycles. The molecule has 0 aliphatic rings. The fraction of sp³-hybridized carbons (Fsp3) is 0.125. The number of rotatable bonds is 3. The zero-order valence-electron chi connectivity index (χ0n) is 8.44. The molecule has 0 spiro atoms.